The van der Waals surface area contributed by atoms with Crippen LogP contribution in [0.25, 0.3) is 16.6 Å². The highest BCUT2D eigenvalue weighted by atomic mass is 16.2. The maximum absolute atomic E-state index is 12.3. The van der Waals surface area contributed by atoms with Crippen LogP contribution >= 0.6 is 0 Å². The molecule has 2 aliphatic rings. The number of fused-ring (bicyclic) bond motifs is 1. The predicted molar refractivity (Wildman–Crippen MR) is 117 cm³/mol. The van der Waals surface area contributed by atoms with Gasteiger partial charge in [-0.3, -0.25) is 4.79 Å². The number of nitrogens with two attached hydrogens (primary N) is 1. The molecule has 1 aliphatic heterocycles. The number of amides is 1. The number of carbonyl (C=O) groups is 1. The average molecular weight is 406 g/mol. The van der Waals surface area contributed by atoms with E-state index in [0.29, 0.717) is 24.9 Å². The van der Waals surface area contributed by atoms with Crippen LogP contribution in [0.3, 0.4) is 0 Å². The van der Waals surface area contributed by atoms with Crippen LogP contribution in [0.2, 0.25) is 0 Å². The Labute approximate surface area is 175 Å². The van der Waals surface area contributed by atoms with Crippen molar-refractivity contribution in [3.63, 3.8) is 0 Å². The Morgan fingerprint density at radius 3 is 2.67 bits per heavy atom. The summed E-state index contributed by atoms with van der Waals surface area (Å²) in [6.07, 6.45) is 7.88. The molecule has 5 rings (SSSR count). The van der Waals surface area contributed by atoms with E-state index in [9.17, 15) is 4.79 Å². The van der Waals surface area contributed by atoms with Crippen molar-refractivity contribution in [3.05, 3.63) is 42.9 Å². The molecule has 0 aromatic carbocycles. The van der Waals surface area contributed by atoms with Crippen molar-refractivity contribution < 1.29 is 4.79 Å². The van der Waals surface area contributed by atoms with Crippen LogP contribution in [-0.4, -0.2) is 64.7 Å². The first kappa shape index (κ1) is 18.9. The van der Waals surface area contributed by atoms with Crippen LogP contribution in [0.15, 0.2) is 42.9 Å². The SMILES string of the molecule is NCCNc1ccc(-c2cc3c(N4CCN(C(=O)C5CC5)CC4)ccnn3c2)cn1. The molecular weight excluding hydrogens is 378 g/mol. The van der Waals surface area contributed by atoms with E-state index in [0.717, 1.165) is 67.2 Å². The van der Waals surface area contributed by atoms with Gasteiger partial charge >= 0.3 is 0 Å². The summed E-state index contributed by atoms with van der Waals surface area (Å²) in [5, 5.41) is 7.68. The summed E-state index contributed by atoms with van der Waals surface area (Å²) in [5.74, 6) is 1.46. The van der Waals surface area contributed by atoms with Crippen LogP contribution in [-0.2, 0) is 4.79 Å². The number of rotatable bonds is 6. The fourth-order valence-corrected chi connectivity index (χ4v) is 4.05. The van der Waals surface area contributed by atoms with Crippen LogP contribution in [0.4, 0.5) is 11.5 Å². The van der Waals surface area contributed by atoms with Crippen molar-refractivity contribution in [2.75, 3.05) is 49.5 Å². The molecule has 3 aromatic heterocycles. The van der Waals surface area contributed by atoms with Crippen molar-refractivity contribution in [1.82, 2.24) is 19.5 Å². The number of pyridine rings is 1. The zero-order valence-electron chi connectivity index (χ0n) is 17.0. The number of hydrogen-bond acceptors (Lipinski definition) is 6. The molecule has 0 spiro atoms. The summed E-state index contributed by atoms with van der Waals surface area (Å²) < 4.78 is 1.92. The number of hydrogen-bond donors (Lipinski definition) is 2. The topological polar surface area (TPSA) is 91.8 Å². The number of carbonyl (C=O) groups excluding carboxylic acids is 1. The molecule has 1 amide bonds. The Kier molecular flexibility index (Phi) is 5.00. The van der Waals surface area contributed by atoms with Gasteiger partial charge in [-0.15, -0.1) is 0 Å². The van der Waals surface area contributed by atoms with Crippen LogP contribution in [0.5, 0.6) is 0 Å². The summed E-state index contributed by atoms with van der Waals surface area (Å²) in [6, 6.07) is 8.25. The van der Waals surface area contributed by atoms with Crippen LogP contribution < -0.4 is 16.0 Å². The minimum atomic E-state index is 0.294. The Hall–Kier alpha value is -3.13. The van der Waals surface area contributed by atoms with Crippen LogP contribution in [0, 0.1) is 5.92 Å². The summed E-state index contributed by atoms with van der Waals surface area (Å²) in [4.78, 5) is 21.2. The second-order valence-electron chi connectivity index (χ2n) is 8.01. The first-order valence-corrected chi connectivity index (χ1v) is 10.6. The van der Waals surface area contributed by atoms with E-state index in [1.165, 1.54) is 0 Å². The highest BCUT2D eigenvalue weighted by Crippen LogP contribution is 2.32. The quantitative estimate of drug-likeness (QED) is 0.650. The standard InChI is InChI=1S/C22H27N7O/c23-6-8-24-21-4-3-17(14-25-21)18-13-20-19(5-7-26-29(20)15-18)27-9-11-28(12-10-27)22(30)16-1-2-16/h3-5,7,13-16H,1-2,6,8-12,23H2,(H,24,25). The van der Waals surface area contributed by atoms with Crippen molar-refractivity contribution in [2.24, 2.45) is 11.7 Å². The molecule has 3 N–H and O–H groups in total. The summed E-state index contributed by atoms with van der Waals surface area (Å²) in [7, 11) is 0. The highest BCUT2D eigenvalue weighted by Gasteiger charge is 2.34. The van der Waals surface area contributed by atoms with Gasteiger partial charge in [-0.2, -0.15) is 5.10 Å². The molecule has 0 unspecified atom stereocenters. The molecule has 1 aliphatic carbocycles. The number of piperazine rings is 1. The molecule has 2 fully saturated rings. The van der Waals surface area contributed by atoms with Crippen molar-refractivity contribution in [3.8, 4) is 11.1 Å². The maximum atomic E-state index is 12.3. The predicted octanol–water partition coefficient (Wildman–Crippen LogP) is 1.83. The maximum Gasteiger partial charge on any atom is 0.225 e. The Morgan fingerprint density at radius 2 is 1.97 bits per heavy atom. The van der Waals surface area contributed by atoms with Gasteiger partial charge in [-0.1, -0.05) is 0 Å². The van der Waals surface area contributed by atoms with E-state index in [1.54, 1.807) is 0 Å². The third-order valence-electron chi connectivity index (χ3n) is 5.89. The summed E-state index contributed by atoms with van der Waals surface area (Å²) in [6.45, 7) is 4.56. The van der Waals surface area contributed by atoms with E-state index >= 15 is 0 Å². The van der Waals surface area contributed by atoms with E-state index < -0.39 is 0 Å². The van der Waals surface area contributed by atoms with Gasteiger partial charge in [-0.25, -0.2) is 9.50 Å². The van der Waals surface area contributed by atoms with Crippen LogP contribution in [0.1, 0.15) is 12.8 Å². The minimum absolute atomic E-state index is 0.294. The highest BCUT2D eigenvalue weighted by molar-refractivity contribution is 5.82. The molecular formula is C22H27N7O. The van der Waals surface area contributed by atoms with Gasteiger partial charge < -0.3 is 20.9 Å². The van der Waals surface area contributed by atoms with Gasteiger partial charge in [0.05, 0.1) is 11.2 Å². The van der Waals surface area contributed by atoms with Gasteiger partial charge in [0.15, 0.2) is 0 Å². The van der Waals surface area contributed by atoms with Gasteiger partial charge in [0.25, 0.3) is 0 Å². The monoisotopic (exact) mass is 405 g/mol. The van der Waals surface area contributed by atoms with Crippen molar-refractivity contribution >= 4 is 22.9 Å². The smallest absolute Gasteiger partial charge is 0.225 e. The number of nitrogens with zero attached hydrogens (tertiary/aromatic N) is 5. The molecule has 4 heterocycles. The molecule has 0 atom stereocenters. The van der Waals surface area contributed by atoms with Gasteiger partial charge in [0.2, 0.25) is 5.91 Å². The number of aromatic nitrogens is 3. The van der Waals surface area contributed by atoms with E-state index in [-0.39, 0.29) is 0 Å². The average Bonchev–Trinajstić information content (AvgIpc) is 3.55. The van der Waals surface area contributed by atoms with Gasteiger partial charge in [0.1, 0.15) is 5.82 Å². The van der Waals surface area contributed by atoms with Crippen molar-refractivity contribution in [2.45, 2.75) is 12.8 Å². The second-order valence-corrected chi connectivity index (χ2v) is 8.01. The van der Waals surface area contributed by atoms with Gasteiger partial charge in [0, 0.05) is 74.9 Å². The molecule has 30 heavy (non-hydrogen) atoms. The van der Waals surface area contributed by atoms with E-state index in [2.05, 4.69) is 38.5 Å². The second kappa shape index (κ2) is 7.95. The first-order chi connectivity index (χ1) is 14.7. The fourth-order valence-electron chi connectivity index (χ4n) is 4.05. The van der Waals surface area contributed by atoms with Crippen molar-refractivity contribution in [1.29, 1.82) is 0 Å². The minimum Gasteiger partial charge on any atom is -0.369 e. The lowest BCUT2D eigenvalue weighted by Gasteiger charge is -2.36. The lowest BCUT2D eigenvalue weighted by atomic mass is 10.1. The summed E-state index contributed by atoms with van der Waals surface area (Å²) in [5.41, 5.74) is 9.88. The Bertz CT molecular complexity index is 1030. The zero-order valence-corrected chi connectivity index (χ0v) is 17.0. The third kappa shape index (κ3) is 3.70. The molecule has 0 radical (unpaired) electrons. The third-order valence-corrected chi connectivity index (χ3v) is 5.89. The Morgan fingerprint density at radius 1 is 1.13 bits per heavy atom. The largest absolute Gasteiger partial charge is 0.369 e. The Balaban J connectivity index is 1.34. The lowest BCUT2D eigenvalue weighted by Crippen LogP contribution is -2.49. The molecule has 8 heteroatoms. The number of anilines is 2. The molecule has 156 valence electrons. The first-order valence-electron chi connectivity index (χ1n) is 10.6. The van der Waals surface area contributed by atoms with Gasteiger partial charge in [-0.05, 0) is 37.1 Å². The molecule has 1 saturated heterocycles. The zero-order chi connectivity index (χ0) is 20.5. The number of nitrogens with one attached hydrogen (secondary N) is 1. The lowest BCUT2D eigenvalue weighted by molar-refractivity contribution is -0.132. The fraction of sp³-hybridized carbons (Fsp3) is 0.409. The summed E-state index contributed by atoms with van der Waals surface area (Å²) >= 11 is 0. The molecule has 3 aromatic rings. The van der Waals surface area contributed by atoms with E-state index in [1.807, 2.05) is 34.1 Å². The van der Waals surface area contributed by atoms with E-state index in [4.69, 9.17) is 5.73 Å². The normalized spacial score (nSPS) is 16.8. The molecule has 0 bridgehead atoms. The molecule has 1 saturated carbocycles. The molecule has 8 nitrogen and oxygen atoms in total.